The van der Waals surface area contributed by atoms with Crippen LogP contribution in [0.5, 0.6) is 11.5 Å². The molecular weight excluding hydrogens is 310 g/mol. The molecule has 126 valence electrons. The van der Waals surface area contributed by atoms with E-state index in [4.69, 9.17) is 9.84 Å². The van der Waals surface area contributed by atoms with E-state index in [0.717, 1.165) is 0 Å². The lowest BCUT2D eigenvalue weighted by atomic mass is 10.1. The molecule has 0 unspecified atom stereocenters. The summed E-state index contributed by atoms with van der Waals surface area (Å²) in [6.07, 6.45) is -0.0128. The highest BCUT2D eigenvalue weighted by Crippen LogP contribution is 2.27. The third kappa shape index (κ3) is 4.04. The molecule has 0 aromatic heterocycles. The fourth-order valence-corrected chi connectivity index (χ4v) is 2.20. The summed E-state index contributed by atoms with van der Waals surface area (Å²) < 4.78 is 5.55. The summed E-state index contributed by atoms with van der Waals surface area (Å²) in [5.74, 6) is -1.40. The molecule has 0 bridgehead atoms. The Bertz CT molecular complexity index is 783. The molecular formula is C18H19NO5. The molecule has 0 atom stereocenters. The van der Waals surface area contributed by atoms with Gasteiger partial charge in [0.2, 0.25) is 0 Å². The lowest BCUT2D eigenvalue weighted by Crippen LogP contribution is -2.13. The Hall–Kier alpha value is -3.02. The number of benzene rings is 2. The SMILES string of the molecule is Cc1cc(NC(=O)c2cccc(OC(C)C)c2)cc(C(=O)O)c1O. The zero-order valence-corrected chi connectivity index (χ0v) is 13.7. The molecule has 6 heteroatoms. The Morgan fingerprint density at radius 1 is 1.17 bits per heavy atom. The molecule has 24 heavy (non-hydrogen) atoms. The van der Waals surface area contributed by atoms with Crippen LogP contribution in [-0.2, 0) is 0 Å². The number of nitrogens with one attached hydrogen (secondary N) is 1. The maximum atomic E-state index is 12.4. The number of ether oxygens (including phenoxy) is 1. The van der Waals surface area contributed by atoms with Crippen molar-refractivity contribution >= 4 is 17.6 Å². The summed E-state index contributed by atoms with van der Waals surface area (Å²) in [5.41, 5.74) is 0.780. The van der Waals surface area contributed by atoms with E-state index in [2.05, 4.69) is 5.32 Å². The summed E-state index contributed by atoms with van der Waals surface area (Å²) in [6.45, 7) is 5.34. The number of hydrogen-bond donors (Lipinski definition) is 3. The first-order valence-electron chi connectivity index (χ1n) is 7.43. The third-order valence-corrected chi connectivity index (χ3v) is 3.26. The van der Waals surface area contributed by atoms with Gasteiger partial charge in [0.25, 0.3) is 5.91 Å². The van der Waals surface area contributed by atoms with Crippen LogP contribution in [0.3, 0.4) is 0 Å². The Labute approximate surface area is 139 Å². The number of carboxylic acids is 1. The van der Waals surface area contributed by atoms with Gasteiger partial charge in [-0.05, 0) is 56.7 Å². The molecule has 0 aliphatic heterocycles. The number of carbonyl (C=O) groups excluding carboxylic acids is 1. The molecule has 3 N–H and O–H groups in total. The van der Waals surface area contributed by atoms with Crippen LogP contribution >= 0.6 is 0 Å². The standard InChI is InChI=1S/C18H19NO5/c1-10(2)24-14-6-4-5-12(8-14)17(21)19-13-7-11(3)16(20)15(9-13)18(22)23/h4-10,20H,1-3H3,(H,19,21)(H,22,23). The third-order valence-electron chi connectivity index (χ3n) is 3.26. The lowest BCUT2D eigenvalue weighted by Gasteiger charge is -2.12. The van der Waals surface area contributed by atoms with E-state index < -0.39 is 11.9 Å². The second kappa shape index (κ2) is 7.04. The minimum Gasteiger partial charge on any atom is -0.507 e. The Kier molecular flexibility index (Phi) is 5.08. The van der Waals surface area contributed by atoms with E-state index in [1.807, 2.05) is 13.8 Å². The molecule has 6 nitrogen and oxygen atoms in total. The number of aromatic hydroxyl groups is 1. The highest BCUT2D eigenvalue weighted by molar-refractivity contribution is 6.05. The lowest BCUT2D eigenvalue weighted by molar-refractivity contribution is 0.0693. The van der Waals surface area contributed by atoms with Gasteiger partial charge >= 0.3 is 5.97 Å². The van der Waals surface area contributed by atoms with Crippen LogP contribution in [0.2, 0.25) is 0 Å². The van der Waals surface area contributed by atoms with Gasteiger partial charge in [-0.2, -0.15) is 0 Å². The van der Waals surface area contributed by atoms with Crippen molar-refractivity contribution in [2.24, 2.45) is 0 Å². The van der Waals surface area contributed by atoms with Gasteiger partial charge in [0.1, 0.15) is 17.1 Å². The van der Waals surface area contributed by atoms with Crippen LogP contribution in [0.15, 0.2) is 36.4 Å². The smallest absolute Gasteiger partial charge is 0.339 e. The van der Waals surface area contributed by atoms with E-state index in [9.17, 15) is 14.7 Å². The summed E-state index contributed by atoms with van der Waals surface area (Å²) in [7, 11) is 0. The van der Waals surface area contributed by atoms with E-state index in [1.54, 1.807) is 31.2 Å². The molecule has 0 saturated heterocycles. The van der Waals surface area contributed by atoms with Crippen LogP contribution in [0.25, 0.3) is 0 Å². The summed E-state index contributed by atoms with van der Waals surface area (Å²) in [4.78, 5) is 23.5. The van der Waals surface area contributed by atoms with Gasteiger partial charge in [-0.15, -0.1) is 0 Å². The van der Waals surface area contributed by atoms with Gasteiger partial charge in [0.05, 0.1) is 6.10 Å². The first-order valence-corrected chi connectivity index (χ1v) is 7.43. The molecule has 0 fully saturated rings. The first-order chi connectivity index (χ1) is 11.3. The van der Waals surface area contributed by atoms with Crippen molar-refractivity contribution < 1.29 is 24.5 Å². The molecule has 0 aliphatic rings. The van der Waals surface area contributed by atoms with Crippen molar-refractivity contribution in [1.82, 2.24) is 0 Å². The number of hydrogen-bond acceptors (Lipinski definition) is 4. The first kappa shape index (κ1) is 17.3. The predicted octanol–water partition coefficient (Wildman–Crippen LogP) is 3.44. The van der Waals surface area contributed by atoms with Crippen molar-refractivity contribution in [2.75, 3.05) is 5.32 Å². The van der Waals surface area contributed by atoms with Crippen molar-refractivity contribution in [3.8, 4) is 11.5 Å². The van der Waals surface area contributed by atoms with E-state index in [0.29, 0.717) is 22.6 Å². The van der Waals surface area contributed by atoms with Crippen LogP contribution in [0.1, 0.15) is 40.1 Å². The molecule has 2 aromatic rings. The van der Waals surface area contributed by atoms with Gasteiger partial charge in [0, 0.05) is 11.3 Å². The topological polar surface area (TPSA) is 95.9 Å². The van der Waals surface area contributed by atoms with Crippen molar-refractivity contribution in [2.45, 2.75) is 26.9 Å². The number of carbonyl (C=O) groups is 2. The quantitative estimate of drug-likeness (QED) is 0.730. The number of phenols is 1. The molecule has 2 aromatic carbocycles. The molecule has 1 amide bonds. The largest absolute Gasteiger partial charge is 0.507 e. The van der Waals surface area contributed by atoms with E-state index in [-0.39, 0.29) is 17.4 Å². The number of anilines is 1. The summed E-state index contributed by atoms with van der Waals surface area (Å²) in [6, 6.07) is 9.43. The second-order valence-corrected chi connectivity index (χ2v) is 5.64. The number of aryl methyl sites for hydroxylation is 1. The minimum absolute atomic E-state index is 0.0128. The molecule has 2 rings (SSSR count). The van der Waals surface area contributed by atoms with E-state index in [1.165, 1.54) is 12.1 Å². The number of aromatic carboxylic acids is 1. The number of amides is 1. The van der Waals surface area contributed by atoms with Crippen LogP contribution in [0, 0.1) is 6.92 Å². The van der Waals surface area contributed by atoms with Gasteiger partial charge in [-0.1, -0.05) is 6.07 Å². The average Bonchev–Trinajstić information content (AvgIpc) is 2.50. The van der Waals surface area contributed by atoms with Crippen molar-refractivity contribution in [3.05, 3.63) is 53.1 Å². The molecule has 0 saturated carbocycles. The number of rotatable bonds is 5. The monoisotopic (exact) mass is 329 g/mol. The fourth-order valence-electron chi connectivity index (χ4n) is 2.20. The fraction of sp³-hybridized carbons (Fsp3) is 0.222. The minimum atomic E-state index is -1.26. The molecule has 0 aliphatic carbocycles. The normalized spacial score (nSPS) is 10.5. The van der Waals surface area contributed by atoms with Crippen molar-refractivity contribution in [1.29, 1.82) is 0 Å². The van der Waals surface area contributed by atoms with Crippen molar-refractivity contribution in [3.63, 3.8) is 0 Å². The van der Waals surface area contributed by atoms with Gasteiger partial charge < -0.3 is 20.3 Å². The Balaban J connectivity index is 2.25. The highest BCUT2D eigenvalue weighted by Gasteiger charge is 2.15. The molecule has 0 spiro atoms. The second-order valence-electron chi connectivity index (χ2n) is 5.64. The Morgan fingerprint density at radius 2 is 1.88 bits per heavy atom. The zero-order valence-electron chi connectivity index (χ0n) is 13.7. The molecule has 0 heterocycles. The van der Waals surface area contributed by atoms with Gasteiger partial charge in [0.15, 0.2) is 0 Å². The van der Waals surface area contributed by atoms with Crippen LogP contribution < -0.4 is 10.1 Å². The molecule has 0 radical (unpaired) electrons. The maximum Gasteiger partial charge on any atom is 0.339 e. The number of carboxylic acid groups (broad SMARTS) is 1. The van der Waals surface area contributed by atoms with Crippen LogP contribution in [0.4, 0.5) is 5.69 Å². The maximum absolute atomic E-state index is 12.4. The highest BCUT2D eigenvalue weighted by atomic mass is 16.5. The summed E-state index contributed by atoms with van der Waals surface area (Å²) >= 11 is 0. The average molecular weight is 329 g/mol. The predicted molar refractivity (Wildman–Crippen MR) is 90.0 cm³/mol. The summed E-state index contributed by atoms with van der Waals surface area (Å²) in [5, 5.41) is 21.5. The Morgan fingerprint density at radius 3 is 2.50 bits per heavy atom. The van der Waals surface area contributed by atoms with Gasteiger partial charge in [-0.25, -0.2) is 4.79 Å². The van der Waals surface area contributed by atoms with E-state index >= 15 is 0 Å². The zero-order chi connectivity index (χ0) is 17.9. The van der Waals surface area contributed by atoms with Crippen LogP contribution in [-0.4, -0.2) is 28.2 Å². The van der Waals surface area contributed by atoms with Gasteiger partial charge in [-0.3, -0.25) is 4.79 Å².